The van der Waals surface area contributed by atoms with Gasteiger partial charge < -0.3 is 0 Å². The van der Waals surface area contributed by atoms with Crippen LogP contribution in [0.1, 0.15) is 87.1 Å². The van der Waals surface area contributed by atoms with Gasteiger partial charge in [0.25, 0.3) is 0 Å². The molecule has 3 heterocycles. The highest BCUT2D eigenvalue weighted by atomic mass is 35.5. The Labute approximate surface area is 245 Å². The number of nitrogens with zero attached hydrogens (tertiary/aromatic N) is 9. The van der Waals surface area contributed by atoms with E-state index in [0.29, 0.717) is 11.6 Å². The van der Waals surface area contributed by atoms with E-state index in [-0.39, 0.29) is 6.04 Å². The lowest BCUT2D eigenvalue weighted by atomic mass is 9.96. The minimum absolute atomic E-state index is 0.148. The highest BCUT2D eigenvalue weighted by Crippen LogP contribution is 2.33. The summed E-state index contributed by atoms with van der Waals surface area (Å²) in [4.78, 5) is 7.92. The molecule has 41 heavy (non-hydrogen) atoms. The van der Waals surface area contributed by atoms with Gasteiger partial charge in [-0.25, -0.2) is 0 Å². The first-order chi connectivity index (χ1) is 20.0. The van der Waals surface area contributed by atoms with Crippen molar-refractivity contribution in [3.05, 3.63) is 93.1 Å². The summed E-state index contributed by atoms with van der Waals surface area (Å²) >= 11 is 6.21. The zero-order valence-corrected chi connectivity index (χ0v) is 24.5. The predicted molar refractivity (Wildman–Crippen MR) is 164 cm³/mol. The van der Waals surface area contributed by atoms with Crippen LogP contribution in [0.25, 0.3) is 27.3 Å². The quantitative estimate of drug-likeness (QED) is 0.0697. The summed E-state index contributed by atoms with van der Waals surface area (Å²) < 4.78 is 4.16. The van der Waals surface area contributed by atoms with E-state index < -0.39 is 0 Å². The van der Waals surface area contributed by atoms with E-state index in [4.69, 9.17) is 22.1 Å². The SMILES string of the molecule is Cc1nnc2n1-c1ccc(-c3cnn(CCCCCCCCCCN=[N+]=[N-])c3)cc1C(c1ccc(Cl)cc1)=N[C@H]2C. The lowest BCUT2D eigenvalue weighted by molar-refractivity contribution is 0.519. The van der Waals surface area contributed by atoms with Crippen LogP contribution in [0.4, 0.5) is 0 Å². The third kappa shape index (κ3) is 6.87. The summed E-state index contributed by atoms with van der Waals surface area (Å²) in [6.07, 6.45) is 13.5. The Morgan fingerprint density at radius 3 is 2.37 bits per heavy atom. The molecule has 1 aliphatic heterocycles. The van der Waals surface area contributed by atoms with Crippen LogP contribution in [0.2, 0.25) is 5.02 Å². The maximum Gasteiger partial charge on any atom is 0.162 e. The molecular weight excluding hydrogens is 534 g/mol. The first-order valence-corrected chi connectivity index (χ1v) is 14.9. The van der Waals surface area contributed by atoms with E-state index in [1.54, 1.807) is 0 Å². The molecule has 0 aliphatic carbocycles. The van der Waals surface area contributed by atoms with E-state index in [0.717, 1.165) is 71.1 Å². The standard InChI is InChI=1S/C31H36ClN9/c1-22-31-38-37-23(2)41(31)29-16-13-25(19-28(29)30(36-22)24-11-14-27(32)15-12-24)26-20-35-40(21-26)18-10-8-6-4-3-5-7-9-17-34-39-33/h11-16,19-22H,3-10,17-18H2,1-2H3/t22-/m0/s1. The van der Waals surface area contributed by atoms with Gasteiger partial charge in [0.05, 0.1) is 17.6 Å². The maximum absolute atomic E-state index is 8.32. The topological polar surface area (TPSA) is 110 Å². The Hall–Kier alpha value is -3.94. The Kier molecular flexibility index (Phi) is 9.49. The second kappa shape index (κ2) is 13.6. The number of aliphatic imine (C=N–C) groups is 1. The summed E-state index contributed by atoms with van der Waals surface area (Å²) in [5, 5.41) is 17.7. The molecule has 0 amide bonds. The van der Waals surface area contributed by atoms with E-state index in [1.165, 1.54) is 32.1 Å². The van der Waals surface area contributed by atoms with Crippen molar-refractivity contribution in [2.75, 3.05) is 6.54 Å². The molecule has 2 aromatic carbocycles. The van der Waals surface area contributed by atoms with Crippen molar-refractivity contribution in [3.63, 3.8) is 0 Å². The van der Waals surface area contributed by atoms with Crippen LogP contribution in [0.5, 0.6) is 0 Å². The lowest BCUT2D eigenvalue weighted by Crippen LogP contribution is -2.08. The molecule has 1 atom stereocenters. The second-order valence-electron chi connectivity index (χ2n) is 10.6. The monoisotopic (exact) mass is 569 g/mol. The smallest absolute Gasteiger partial charge is 0.162 e. The van der Waals surface area contributed by atoms with Crippen LogP contribution in [0.3, 0.4) is 0 Å². The number of azide groups is 1. The molecular formula is C31H36ClN9. The van der Waals surface area contributed by atoms with E-state index in [9.17, 15) is 0 Å². The molecule has 0 saturated carbocycles. The van der Waals surface area contributed by atoms with Crippen molar-refractivity contribution >= 4 is 17.3 Å². The molecule has 2 aromatic heterocycles. The first kappa shape index (κ1) is 28.6. The van der Waals surface area contributed by atoms with Crippen LogP contribution in [0, 0.1) is 6.92 Å². The molecule has 5 rings (SSSR count). The van der Waals surface area contributed by atoms with Crippen LogP contribution >= 0.6 is 11.6 Å². The number of rotatable bonds is 13. The number of aromatic nitrogens is 5. The molecule has 0 saturated heterocycles. The molecule has 0 spiro atoms. The molecule has 10 heteroatoms. The molecule has 0 bridgehead atoms. The average Bonchev–Trinajstić information content (AvgIpc) is 3.59. The highest BCUT2D eigenvalue weighted by Gasteiger charge is 2.26. The van der Waals surface area contributed by atoms with Gasteiger partial charge in [-0.2, -0.15) is 5.10 Å². The van der Waals surface area contributed by atoms with Crippen molar-refractivity contribution in [1.82, 2.24) is 24.5 Å². The molecule has 0 unspecified atom stereocenters. The minimum Gasteiger partial charge on any atom is -0.281 e. The van der Waals surface area contributed by atoms with Gasteiger partial charge in [0.1, 0.15) is 11.9 Å². The van der Waals surface area contributed by atoms with Gasteiger partial charge in [-0.3, -0.25) is 14.2 Å². The number of unbranched alkanes of at least 4 members (excludes halogenated alkanes) is 7. The van der Waals surface area contributed by atoms with Crippen LogP contribution < -0.4 is 0 Å². The zero-order chi connectivity index (χ0) is 28.6. The van der Waals surface area contributed by atoms with Crippen molar-refractivity contribution < 1.29 is 0 Å². The van der Waals surface area contributed by atoms with Gasteiger partial charge in [-0.1, -0.05) is 73.4 Å². The van der Waals surface area contributed by atoms with Crippen molar-refractivity contribution in [3.8, 4) is 16.8 Å². The fraction of sp³-hybridized carbons (Fsp3) is 0.419. The van der Waals surface area contributed by atoms with Gasteiger partial charge in [0.15, 0.2) is 5.82 Å². The summed E-state index contributed by atoms with van der Waals surface area (Å²) in [5.41, 5.74) is 14.5. The first-order valence-electron chi connectivity index (χ1n) is 14.5. The van der Waals surface area contributed by atoms with Crippen LogP contribution in [-0.4, -0.2) is 36.8 Å². The third-order valence-electron chi connectivity index (χ3n) is 7.58. The molecule has 9 nitrogen and oxygen atoms in total. The molecule has 212 valence electrons. The maximum atomic E-state index is 8.32. The fourth-order valence-electron chi connectivity index (χ4n) is 5.40. The number of aryl methyl sites for hydroxylation is 2. The summed E-state index contributed by atoms with van der Waals surface area (Å²) in [5.74, 6) is 1.67. The van der Waals surface area contributed by atoms with Gasteiger partial charge >= 0.3 is 0 Å². The van der Waals surface area contributed by atoms with E-state index >= 15 is 0 Å². The predicted octanol–water partition coefficient (Wildman–Crippen LogP) is 8.44. The van der Waals surface area contributed by atoms with Gasteiger partial charge in [0.2, 0.25) is 0 Å². The second-order valence-corrected chi connectivity index (χ2v) is 11.0. The summed E-state index contributed by atoms with van der Waals surface area (Å²) in [7, 11) is 0. The minimum atomic E-state index is -0.148. The highest BCUT2D eigenvalue weighted by molar-refractivity contribution is 6.30. The average molecular weight is 570 g/mol. The number of hydrogen-bond donors (Lipinski definition) is 0. The number of hydrogen-bond acceptors (Lipinski definition) is 5. The lowest BCUT2D eigenvalue weighted by Gasteiger charge is -2.14. The Morgan fingerprint density at radius 2 is 1.61 bits per heavy atom. The van der Waals surface area contributed by atoms with Crippen molar-refractivity contribution in [1.29, 1.82) is 0 Å². The summed E-state index contributed by atoms with van der Waals surface area (Å²) in [6.45, 7) is 5.57. The Balaban J connectivity index is 1.27. The molecule has 1 aliphatic rings. The molecule has 0 N–H and O–H groups in total. The number of benzene rings is 2. The molecule has 4 aromatic rings. The van der Waals surface area contributed by atoms with Gasteiger partial charge in [0, 0.05) is 45.9 Å². The third-order valence-corrected chi connectivity index (χ3v) is 7.83. The van der Waals surface area contributed by atoms with Crippen LogP contribution in [-0.2, 0) is 6.54 Å². The van der Waals surface area contributed by atoms with Crippen LogP contribution in [0.15, 0.2) is 65.0 Å². The van der Waals surface area contributed by atoms with Crippen molar-refractivity contribution in [2.45, 2.75) is 77.8 Å². The largest absolute Gasteiger partial charge is 0.281 e. The fourth-order valence-corrected chi connectivity index (χ4v) is 5.53. The molecule has 0 fully saturated rings. The van der Waals surface area contributed by atoms with E-state index in [2.05, 4.69) is 65.9 Å². The number of fused-ring (bicyclic) bond motifs is 3. The van der Waals surface area contributed by atoms with Crippen molar-refractivity contribution in [2.24, 2.45) is 10.1 Å². The van der Waals surface area contributed by atoms with Gasteiger partial charge in [-0.05, 0) is 62.0 Å². The normalized spacial score (nSPS) is 14.1. The zero-order valence-electron chi connectivity index (χ0n) is 23.7. The van der Waals surface area contributed by atoms with E-state index in [1.807, 2.05) is 37.4 Å². The number of halogens is 1. The Morgan fingerprint density at radius 1 is 0.902 bits per heavy atom. The summed E-state index contributed by atoms with van der Waals surface area (Å²) in [6, 6.07) is 14.2. The van der Waals surface area contributed by atoms with Gasteiger partial charge in [-0.15, -0.1) is 10.2 Å². The molecule has 0 radical (unpaired) electrons. The Bertz CT molecular complexity index is 1540.